The van der Waals surface area contributed by atoms with E-state index in [0.717, 1.165) is 0 Å². The molecule has 0 saturated heterocycles. The lowest BCUT2D eigenvalue weighted by Crippen LogP contribution is -2.19. The van der Waals surface area contributed by atoms with Crippen molar-refractivity contribution >= 4 is 32.0 Å². The third kappa shape index (κ3) is 1.78. The molecule has 0 saturated carbocycles. The SMILES string of the molecule is Cc1cc(C)c(C)[c]([Mg][Cl])c1C. The molecule has 0 spiro atoms. The number of aryl methyl sites for hydroxylation is 2. The summed E-state index contributed by atoms with van der Waals surface area (Å²) in [6.45, 7) is 8.66. The second-order valence-corrected chi connectivity index (χ2v) is 5.15. The van der Waals surface area contributed by atoms with Gasteiger partial charge in [0.15, 0.2) is 0 Å². The molecule has 0 N–H and O–H groups in total. The summed E-state index contributed by atoms with van der Waals surface area (Å²) in [5.41, 5.74) is 5.56. The van der Waals surface area contributed by atoms with Crippen LogP contribution in [0.1, 0.15) is 22.3 Å². The molecule has 0 atom stereocenters. The van der Waals surface area contributed by atoms with Crippen LogP contribution in [0.4, 0.5) is 0 Å². The summed E-state index contributed by atoms with van der Waals surface area (Å²) >= 11 is -0.537. The predicted molar refractivity (Wildman–Crippen MR) is 56.6 cm³/mol. The van der Waals surface area contributed by atoms with E-state index < -0.39 is 19.3 Å². The standard InChI is InChI=1S/C10H13.ClH.Mg/c1-7-5-9(3)10(4)6-8(7)2;;/h5H,1-4H3;1H;/q;;+1/p-1. The van der Waals surface area contributed by atoms with Crippen LogP contribution in [-0.4, -0.2) is 19.3 Å². The average molecular weight is 193 g/mol. The Balaban J connectivity index is 3.42. The Morgan fingerprint density at radius 1 is 1.00 bits per heavy atom. The van der Waals surface area contributed by atoms with Gasteiger partial charge in [-0.05, 0) is 27.7 Å². The third-order valence-corrected chi connectivity index (χ3v) is 4.78. The number of rotatable bonds is 1. The minimum atomic E-state index is -0.537. The van der Waals surface area contributed by atoms with Gasteiger partial charge in [0.1, 0.15) is 0 Å². The second-order valence-electron chi connectivity index (χ2n) is 3.37. The number of benzene rings is 1. The summed E-state index contributed by atoms with van der Waals surface area (Å²) in [6.07, 6.45) is 0. The van der Waals surface area contributed by atoms with E-state index in [1.165, 1.54) is 25.9 Å². The molecule has 0 aliphatic heterocycles. The molecule has 1 aromatic rings. The van der Waals surface area contributed by atoms with E-state index in [0.29, 0.717) is 0 Å². The normalized spacial score (nSPS) is 9.75. The molecule has 0 aromatic heterocycles. The molecule has 0 radical (unpaired) electrons. The summed E-state index contributed by atoms with van der Waals surface area (Å²) in [6, 6.07) is 2.25. The maximum absolute atomic E-state index is 6.02. The van der Waals surface area contributed by atoms with Crippen molar-refractivity contribution in [2.24, 2.45) is 0 Å². The van der Waals surface area contributed by atoms with Gasteiger partial charge in [0.05, 0.1) is 0 Å². The first-order valence-corrected chi connectivity index (χ1v) is 7.04. The summed E-state index contributed by atoms with van der Waals surface area (Å²) in [7, 11) is 6.02. The highest BCUT2D eigenvalue weighted by molar-refractivity contribution is 7.01. The van der Waals surface area contributed by atoms with Gasteiger partial charge in [0.25, 0.3) is 0 Å². The Hall–Kier alpha value is 0.276. The summed E-state index contributed by atoms with van der Waals surface area (Å²) in [4.78, 5) is 0. The molecule has 0 bridgehead atoms. The summed E-state index contributed by atoms with van der Waals surface area (Å²) < 4.78 is 1.44. The fourth-order valence-electron chi connectivity index (χ4n) is 1.50. The van der Waals surface area contributed by atoms with Crippen molar-refractivity contribution in [2.45, 2.75) is 27.7 Å². The second kappa shape index (κ2) is 3.99. The largest absolute Gasteiger partial charge is 0.539 e. The first-order chi connectivity index (χ1) is 5.57. The lowest BCUT2D eigenvalue weighted by atomic mass is 10.0. The Kier molecular flexibility index (Phi) is 3.44. The van der Waals surface area contributed by atoms with Crippen LogP contribution in [0, 0.1) is 27.7 Å². The van der Waals surface area contributed by atoms with Crippen LogP contribution in [0.5, 0.6) is 0 Å². The highest BCUT2D eigenvalue weighted by Crippen LogP contribution is 2.12. The first kappa shape index (κ1) is 10.4. The Labute approximate surface area is 87.8 Å². The van der Waals surface area contributed by atoms with Crippen molar-refractivity contribution in [3.8, 4) is 0 Å². The maximum atomic E-state index is 6.02. The molecule has 1 aromatic carbocycles. The Bertz CT molecular complexity index is 279. The molecule has 0 aliphatic rings. The van der Waals surface area contributed by atoms with Crippen molar-refractivity contribution in [3.05, 3.63) is 28.3 Å². The highest BCUT2D eigenvalue weighted by atomic mass is 35.5. The monoisotopic (exact) mass is 192 g/mol. The van der Waals surface area contributed by atoms with E-state index >= 15 is 0 Å². The van der Waals surface area contributed by atoms with Gasteiger partial charge < -0.3 is 9.07 Å². The van der Waals surface area contributed by atoms with Crippen molar-refractivity contribution in [2.75, 3.05) is 0 Å². The highest BCUT2D eigenvalue weighted by Gasteiger charge is 2.08. The van der Waals surface area contributed by atoms with Crippen molar-refractivity contribution in [1.82, 2.24) is 0 Å². The van der Waals surface area contributed by atoms with Crippen molar-refractivity contribution in [3.63, 3.8) is 0 Å². The van der Waals surface area contributed by atoms with E-state index in [1.54, 1.807) is 0 Å². The van der Waals surface area contributed by atoms with E-state index in [9.17, 15) is 0 Å². The summed E-state index contributed by atoms with van der Waals surface area (Å²) in [5, 5.41) is 0. The summed E-state index contributed by atoms with van der Waals surface area (Å²) in [5.74, 6) is 0. The molecule has 1 rings (SSSR count). The fourth-order valence-corrected chi connectivity index (χ4v) is 3.66. The molecule has 0 nitrogen and oxygen atoms in total. The van der Waals surface area contributed by atoms with E-state index in [4.69, 9.17) is 9.07 Å². The number of hydrogen-bond donors (Lipinski definition) is 0. The molecule has 2 heteroatoms. The third-order valence-electron chi connectivity index (χ3n) is 2.65. The topological polar surface area (TPSA) is 0 Å². The molecule has 0 aliphatic carbocycles. The first-order valence-electron chi connectivity index (χ1n) is 4.20. The molecular weight excluding hydrogens is 180 g/mol. The molecular formula is C10H13ClMg. The molecule has 0 heterocycles. The lowest BCUT2D eigenvalue weighted by molar-refractivity contribution is 1.27. The van der Waals surface area contributed by atoms with Gasteiger partial charge in [-0.15, -0.1) is 3.69 Å². The number of halogens is 1. The van der Waals surface area contributed by atoms with Crippen LogP contribution < -0.4 is 3.69 Å². The van der Waals surface area contributed by atoms with Crippen LogP contribution in [0.3, 0.4) is 0 Å². The average Bonchev–Trinajstić information content (AvgIpc) is 2.02. The van der Waals surface area contributed by atoms with Crippen LogP contribution in [-0.2, 0) is 0 Å². The van der Waals surface area contributed by atoms with Gasteiger partial charge in [-0.1, -0.05) is 28.3 Å². The smallest absolute Gasteiger partial charge is 0.336 e. The van der Waals surface area contributed by atoms with Gasteiger partial charge >= 0.3 is 19.3 Å². The Morgan fingerprint density at radius 3 is 1.75 bits per heavy atom. The van der Waals surface area contributed by atoms with Crippen LogP contribution in [0.2, 0.25) is 0 Å². The van der Waals surface area contributed by atoms with Gasteiger partial charge in [-0.25, -0.2) is 0 Å². The minimum absolute atomic E-state index is 0.537. The maximum Gasteiger partial charge on any atom is 0.539 e. The van der Waals surface area contributed by atoms with Crippen LogP contribution in [0.25, 0.3) is 0 Å². The van der Waals surface area contributed by atoms with E-state index in [-0.39, 0.29) is 0 Å². The number of hydrogen-bond acceptors (Lipinski definition) is 0. The minimum Gasteiger partial charge on any atom is -0.336 e. The van der Waals surface area contributed by atoms with E-state index in [2.05, 4.69) is 33.8 Å². The molecule has 12 heavy (non-hydrogen) atoms. The molecule has 0 unspecified atom stereocenters. The van der Waals surface area contributed by atoms with Crippen LogP contribution in [0.15, 0.2) is 6.07 Å². The van der Waals surface area contributed by atoms with Gasteiger partial charge in [-0.2, -0.15) is 0 Å². The van der Waals surface area contributed by atoms with Crippen LogP contribution >= 0.6 is 9.07 Å². The Morgan fingerprint density at radius 2 is 1.42 bits per heavy atom. The fraction of sp³-hybridized carbons (Fsp3) is 0.400. The zero-order chi connectivity index (χ0) is 9.30. The van der Waals surface area contributed by atoms with Crippen molar-refractivity contribution < 1.29 is 0 Å². The van der Waals surface area contributed by atoms with E-state index in [1.807, 2.05) is 0 Å². The van der Waals surface area contributed by atoms with Gasteiger partial charge in [0.2, 0.25) is 0 Å². The van der Waals surface area contributed by atoms with Crippen molar-refractivity contribution in [1.29, 1.82) is 0 Å². The molecule has 0 fully saturated rings. The predicted octanol–water partition coefficient (Wildman–Crippen LogP) is 2.40. The molecule has 62 valence electrons. The van der Waals surface area contributed by atoms with Gasteiger partial charge in [0, 0.05) is 0 Å². The zero-order valence-electron chi connectivity index (χ0n) is 8.16. The molecule has 0 amide bonds. The van der Waals surface area contributed by atoms with Gasteiger partial charge in [-0.3, -0.25) is 0 Å². The zero-order valence-corrected chi connectivity index (χ0v) is 10.3. The quantitative estimate of drug-likeness (QED) is 0.600. The lowest BCUT2D eigenvalue weighted by Gasteiger charge is -2.13.